The van der Waals surface area contributed by atoms with Crippen LogP contribution in [0.2, 0.25) is 0 Å². The molecule has 2 heterocycles. The molecule has 1 saturated heterocycles. The molecule has 0 atom stereocenters. The zero-order valence-electron chi connectivity index (χ0n) is 11.2. The van der Waals surface area contributed by atoms with Crippen molar-refractivity contribution in [2.75, 3.05) is 37.6 Å². The number of anilines is 1. The van der Waals surface area contributed by atoms with Crippen LogP contribution in [0.3, 0.4) is 0 Å². The quantitative estimate of drug-likeness (QED) is 0.843. The van der Waals surface area contributed by atoms with Gasteiger partial charge in [-0.15, -0.1) is 0 Å². The molecule has 0 amide bonds. The second-order valence-corrected chi connectivity index (χ2v) is 5.45. The van der Waals surface area contributed by atoms with Crippen LogP contribution in [0.5, 0.6) is 0 Å². The number of carbonyl (C=O) groups is 1. The fourth-order valence-corrected chi connectivity index (χ4v) is 2.88. The normalized spacial score (nSPS) is 16.8. The summed E-state index contributed by atoms with van der Waals surface area (Å²) in [4.78, 5) is 19.5. The van der Waals surface area contributed by atoms with Crippen molar-refractivity contribution >= 4 is 22.6 Å². The van der Waals surface area contributed by atoms with Gasteiger partial charge in [0, 0.05) is 50.7 Å². The molecule has 1 aliphatic rings. The fourth-order valence-electron chi connectivity index (χ4n) is 2.11. The van der Waals surface area contributed by atoms with Crippen LogP contribution in [0.25, 0.3) is 0 Å². The standard InChI is InChI=1S/C12H20N4O2S/c1-2-3-10-13-12(19-14-10)16-8-6-15(7-9-16)5-4-11(17)18/h2-9H2,1H3,(H,17,18). The Labute approximate surface area is 117 Å². The van der Waals surface area contributed by atoms with E-state index in [1.165, 1.54) is 11.5 Å². The molecule has 0 unspecified atom stereocenters. The van der Waals surface area contributed by atoms with Crippen LogP contribution >= 0.6 is 11.5 Å². The largest absolute Gasteiger partial charge is 0.481 e. The zero-order chi connectivity index (χ0) is 13.7. The Morgan fingerprint density at radius 3 is 2.74 bits per heavy atom. The van der Waals surface area contributed by atoms with Gasteiger partial charge in [0.2, 0.25) is 5.13 Å². The van der Waals surface area contributed by atoms with Gasteiger partial charge in [-0.05, 0) is 6.42 Å². The minimum Gasteiger partial charge on any atom is -0.481 e. The Bertz CT molecular complexity index is 416. The van der Waals surface area contributed by atoms with Gasteiger partial charge in [0.05, 0.1) is 6.42 Å². The number of aryl methyl sites for hydroxylation is 1. The molecule has 6 nitrogen and oxygen atoms in total. The summed E-state index contributed by atoms with van der Waals surface area (Å²) in [6, 6.07) is 0. The van der Waals surface area contributed by atoms with Crippen LogP contribution in [0, 0.1) is 0 Å². The lowest BCUT2D eigenvalue weighted by molar-refractivity contribution is -0.137. The van der Waals surface area contributed by atoms with E-state index in [2.05, 4.69) is 26.1 Å². The number of carboxylic acid groups (broad SMARTS) is 1. The predicted octanol–water partition coefficient (Wildman–Crippen LogP) is 1.09. The summed E-state index contributed by atoms with van der Waals surface area (Å²) < 4.78 is 4.36. The molecule has 0 saturated carbocycles. The highest BCUT2D eigenvalue weighted by atomic mass is 32.1. The molecule has 1 aromatic rings. The van der Waals surface area contributed by atoms with Crippen LogP contribution in [-0.2, 0) is 11.2 Å². The first kappa shape index (κ1) is 14.2. The molecule has 1 aliphatic heterocycles. The molecule has 0 aliphatic carbocycles. The van der Waals surface area contributed by atoms with Crippen molar-refractivity contribution in [2.45, 2.75) is 26.2 Å². The topological polar surface area (TPSA) is 69.6 Å². The van der Waals surface area contributed by atoms with Gasteiger partial charge in [-0.2, -0.15) is 4.37 Å². The number of hydrogen-bond donors (Lipinski definition) is 1. The molecule has 7 heteroatoms. The van der Waals surface area contributed by atoms with Crippen molar-refractivity contribution in [3.8, 4) is 0 Å². The van der Waals surface area contributed by atoms with Gasteiger partial charge >= 0.3 is 5.97 Å². The highest BCUT2D eigenvalue weighted by molar-refractivity contribution is 7.09. The summed E-state index contributed by atoms with van der Waals surface area (Å²) in [6.07, 6.45) is 2.23. The molecule has 1 fully saturated rings. The second-order valence-electron chi connectivity index (χ2n) is 4.72. The lowest BCUT2D eigenvalue weighted by Gasteiger charge is -2.33. The molecule has 106 valence electrons. The molecule has 0 aromatic carbocycles. The van der Waals surface area contributed by atoms with Gasteiger partial charge in [-0.25, -0.2) is 4.98 Å². The number of piperazine rings is 1. The number of aliphatic carboxylic acids is 1. The third-order valence-corrected chi connectivity index (χ3v) is 4.03. The number of nitrogens with zero attached hydrogens (tertiary/aromatic N) is 4. The number of hydrogen-bond acceptors (Lipinski definition) is 6. The fraction of sp³-hybridized carbons (Fsp3) is 0.750. The minimum absolute atomic E-state index is 0.222. The number of aromatic nitrogens is 2. The minimum atomic E-state index is -0.726. The maximum atomic E-state index is 10.5. The van der Waals surface area contributed by atoms with E-state index in [9.17, 15) is 4.79 Å². The highest BCUT2D eigenvalue weighted by Gasteiger charge is 2.20. The average molecular weight is 284 g/mol. The van der Waals surface area contributed by atoms with Crippen molar-refractivity contribution in [1.29, 1.82) is 0 Å². The summed E-state index contributed by atoms with van der Waals surface area (Å²) in [5.74, 6) is 0.214. The van der Waals surface area contributed by atoms with Gasteiger partial charge in [-0.3, -0.25) is 9.69 Å². The van der Waals surface area contributed by atoms with Crippen molar-refractivity contribution in [3.05, 3.63) is 5.82 Å². The molecule has 0 bridgehead atoms. The maximum Gasteiger partial charge on any atom is 0.304 e. The van der Waals surface area contributed by atoms with E-state index in [0.29, 0.717) is 6.54 Å². The molecular weight excluding hydrogens is 264 g/mol. The third kappa shape index (κ3) is 4.14. The van der Waals surface area contributed by atoms with Crippen molar-refractivity contribution in [3.63, 3.8) is 0 Å². The van der Waals surface area contributed by atoms with Crippen LogP contribution in [0.1, 0.15) is 25.6 Å². The number of rotatable bonds is 6. The lowest BCUT2D eigenvalue weighted by atomic mass is 10.3. The number of carboxylic acids is 1. The van der Waals surface area contributed by atoms with Gasteiger partial charge in [0.25, 0.3) is 0 Å². The summed E-state index contributed by atoms with van der Waals surface area (Å²) in [6.45, 7) is 6.37. The SMILES string of the molecule is CCCc1nsc(N2CCN(CCC(=O)O)CC2)n1. The average Bonchev–Trinajstić information content (AvgIpc) is 2.86. The molecule has 0 radical (unpaired) electrons. The van der Waals surface area contributed by atoms with Gasteiger partial charge in [0.1, 0.15) is 5.82 Å². The Morgan fingerprint density at radius 1 is 1.37 bits per heavy atom. The van der Waals surface area contributed by atoms with Crippen LogP contribution in [-0.4, -0.2) is 58.1 Å². The Kier molecular flexibility index (Phi) is 5.09. The molecular formula is C12H20N4O2S. The Hall–Kier alpha value is -1.21. The third-order valence-electron chi connectivity index (χ3n) is 3.22. The van der Waals surface area contributed by atoms with Gasteiger partial charge in [0.15, 0.2) is 0 Å². The first-order chi connectivity index (χ1) is 9.19. The van der Waals surface area contributed by atoms with Crippen LogP contribution in [0.4, 0.5) is 5.13 Å². The Morgan fingerprint density at radius 2 is 2.11 bits per heavy atom. The predicted molar refractivity (Wildman–Crippen MR) is 74.8 cm³/mol. The highest BCUT2D eigenvalue weighted by Crippen LogP contribution is 2.19. The van der Waals surface area contributed by atoms with E-state index < -0.39 is 5.97 Å². The lowest BCUT2D eigenvalue weighted by Crippen LogP contribution is -2.46. The molecule has 2 rings (SSSR count). The maximum absolute atomic E-state index is 10.5. The smallest absolute Gasteiger partial charge is 0.304 e. The first-order valence-corrected chi connectivity index (χ1v) is 7.48. The molecule has 19 heavy (non-hydrogen) atoms. The molecule has 1 N–H and O–H groups in total. The van der Waals surface area contributed by atoms with E-state index in [1.54, 1.807) is 0 Å². The van der Waals surface area contributed by atoms with E-state index in [1.807, 2.05) is 0 Å². The zero-order valence-corrected chi connectivity index (χ0v) is 12.0. The van der Waals surface area contributed by atoms with Crippen LogP contribution < -0.4 is 4.90 Å². The summed E-state index contributed by atoms with van der Waals surface area (Å²) in [5, 5.41) is 9.67. The molecule has 1 aromatic heterocycles. The molecule has 0 spiro atoms. The van der Waals surface area contributed by atoms with E-state index in [4.69, 9.17) is 5.11 Å². The van der Waals surface area contributed by atoms with Crippen molar-refractivity contribution in [2.24, 2.45) is 0 Å². The second kappa shape index (κ2) is 6.81. The summed E-state index contributed by atoms with van der Waals surface area (Å²) in [5.41, 5.74) is 0. The van der Waals surface area contributed by atoms with Gasteiger partial charge in [-0.1, -0.05) is 6.92 Å². The van der Waals surface area contributed by atoms with Crippen molar-refractivity contribution in [1.82, 2.24) is 14.3 Å². The van der Waals surface area contributed by atoms with Crippen LogP contribution in [0.15, 0.2) is 0 Å². The summed E-state index contributed by atoms with van der Waals surface area (Å²) in [7, 11) is 0. The van der Waals surface area contributed by atoms with E-state index in [0.717, 1.165) is 50.0 Å². The Balaban J connectivity index is 1.80. The van der Waals surface area contributed by atoms with Crippen molar-refractivity contribution < 1.29 is 9.90 Å². The summed E-state index contributed by atoms with van der Waals surface area (Å²) >= 11 is 1.47. The first-order valence-electron chi connectivity index (χ1n) is 6.70. The van der Waals surface area contributed by atoms with E-state index in [-0.39, 0.29) is 6.42 Å². The van der Waals surface area contributed by atoms with Gasteiger partial charge < -0.3 is 10.0 Å². The monoisotopic (exact) mass is 284 g/mol. The van der Waals surface area contributed by atoms with E-state index >= 15 is 0 Å².